The lowest BCUT2D eigenvalue weighted by Crippen LogP contribution is -1.86. The van der Waals surface area contributed by atoms with E-state index in [1.54, 1.807) is 6.07 Å². The van der Waals surface area contributed by atoms with Crippen LogP contribution in [0.1, 0.15) is 12.5 Å². The van der Waals surface area contributed by atoms with Crippen molar-refractivity contribution in [1.82, 2.24) is 10.2 Å². The molecule has 78 valence electrons. The second-order valence-electron chi connectivity index (χ2n) is 3.41. The molecular weight excluding hydrogens is 193 g/mol. The van der Waals surface area contributed by atoms with E-state index < -0.39 is 0 Å². The van der Waals surface area contributed by atoms with Gasteiger partial charge in [-0.25, -0.2) is 4.39 Å². The Morgan fingerprint density at radius 2 is 2.13 bits per heavy atom. The van der Waals surface area contributed by atoms with Crippen molar-refractivity contribution < 1.29 is 4.39 Å². The highest BCUT2D eigenvalue weighted by molar-refractivity contribution is 5.62. The highest BCUT2D eigenvalue weighted by Crippen LogP contribution is 2.21. The average molecular weight is 205 g/mol. The summed E-state index contributed by atoms with van der Waals surface area (Å²) in [5, 5.41) is 6.57. The molecule has 0 saturated heterocycles. The molecule has 15 heavy (non-hydrogen) atoms. The number of rotatable bonds is 2. The number of anilines is 1. The lowest BCUT2D eigenvalue weighted by Gasteiger charge is -2.01. The molecule has 0 bridgehead atoms. The van der Waals surface area contributed by atoms with Crippen LogP contribution in [0.25, 0.3) is 11.3 Å². The number of benzene rings is 1. The monoisotopic (exact) mass is 205 g/mol. The summed E-state index contributed by atoms with van der Waals surface area (Å²) >= 11 is 0. The topological polar surface area (TPSA) is 54.7 Å². The van der Waals surface area contributed by atoms with Crippen molar-refractivity contribution in [2.24, 2.45) is 0 Å². The zero-order chi connectivity index (χ0) is 10.8. The second-order valence-corrected chi connectivity index (χ2v) is 3.41. The number of nitrogens with zero attached hydrogens (tertiary/aromatic N) is 1. The van der Waals surface area contributed by atoms with Crippen LogP contribution < -0.4 is 5.73 Å². The van der Waals surface area contributed by atoms with E-state index in [-0.39, 0.29) is 5.82 Å². The van der Waals surface area contributed by atoms with Crippen LogP contribution in [0.3, 0.4) is 0 Å². The van der Waals surface area contributed by atoms with E-state index in [0.29, 0.717) is 5.82 Å². The van der Waals surface area contributed by atoms with Gasteiger partial charge in [-0.3, -0.25) is 5.10 Å². The van der Waals surface area contributed by atoms with Crippen molar-refractivity contribution in [2.45, 2.75) is 13.3 Å². The zero-order valence-electron chi connectivity index (χ0n) is 8.42. The number of hydrogen-bond donors (Lipinski definition) is 2. The largest absolute Gasteiger partial charge is 0.382 e. The first-order valence-corrected chi connectivity index (χ1v) is 4.79. The number of hydrogen-bond acceptors (Lipinski definition) is 2. The lowest BCUT2D eigenvalue weighted by molar-refractivity contribution is 0.626. The molecule has 1 aromatic heterocycles. The third-order valence-electron chi connectivity index (χ3n) is 2.27. The fourth-order valence-electron chi connectivity index (χ4n) is 1.50. The van der Waals surface area contributed by atoms with Gasteiger partial charge in [0.2, 0.25) is 0 Å². The number of halogens is 1. The molecule has 1 heterocycles. The van der Waals surface area contributed by atoms with Gasteiger partial charge in [0.1, 0.15) is 11.6 Å². The van der Waals surface area contributed by atoms with Crippen molar-refractivity contribution in [3.8, 4) is 11.3 Å². The Morgan fingerprint density at radius 3 is 2.73 bits per heavy atom. The SMILES string of the molecule is CCc1cc(F)cc(-c2cc(N)n[nH]2)c1. The van der Waals surface area contributed by atoms with Crippen LogP contribution in [-0.2, 0) is 6.42 Å². The maximum Gasteiger partial charge on any atom is 0.145 e. The quantitative estimate of drug-likeness (QED) is 0.790. The van der Waals surface area contributed by atoms with Crippen LogP contribution in [-0.4, -0.2) is 10.2 Å². The molecule has 0 unspecified atom stereocenters. The first-order chi connectivity index (χ1) is 7.19. The molecule has 0 fully saturated rings. The molecular formula is C11H12FN3. The molecule has 0 saturated carbocycles. The van der Waals surface area contributed by atoms with Gasteiger partial charge < -0.3 is 5.73 Å². The zero-order valence-corrected chi connectivity index (χ0v) is 8.42. The summed E-state index contributed by atoms with van der Waals surface area (Å²) < 4.78 is 13.2. The van der Waals surface area contributed by atoms with Crippen molar-refractivity contribution >= 4 is 5.82 Å². The van der Waals surface area contributed by atoms with Gasteiger partial charge in [-0.15, -0.1) is 0 Å². The van der Waals surface area contributed by atoms with Crippen molar-refractivity contribution in [3.63, 3.8) is 0 Å². The summed E-state index contributed by atoms with van der Waals surface area (Å²) in [6.07, 6.45) is 0.800. The van der Waals surface area contributed by atoms with Gasteiger partial charge in [-0.1, -0.05) is 6.92 Å². The highest BCUT2D eigenvalue weighted by Gasteiger charge is 2.04. The van der Waals surface area contributed by atoms with Crippen molar-refractivity contribution in [1.29, 1.82) is 0 Å². The molecule has 3 nitrogen and oxygen atoms in total. The van der Waals surface area contributed by atoms with E-state index in [4.69, 9.17) is 5.73 Å². The van der Waals surface area contributed by atoms with Crippen LogP contribution in [0.5, 0.6) is 0 Å². The Hall–Kier alpha value is -1.84. The van der Waals surface area contributed by atoms with Gasteiger partial charge in [0.05, 0.1) is 5.69 Å². The highest BCUT2D eigenvalue weighted by atomic mass is 19.1. The van der Waals surface area contributed by atoms with Crippen LogP contribution in [0.2, 0.25) is 0 Å². The summed E-state index contributed by atoms with van der Waals surface area (Å²) in [5.41, 5.74) is 7.96. The average Bonchev–Trinajstić information content (AvgIpc) is 2.64. The molecule has 1 aromatic carbocycles. The predicted molar refractivity (Wildman–Crippen MR) is 57.8 cm³/mol. The van der Waals surface area contributed by atoms with E-state index in [1.807, 2.05) is 13.0 Å². The Bertz CT molecular complexity index is 476. The molecule has 0 amide bonds. The Labute approximate surface area is 87.1 Å². The van der Waals surface area contributed by atoms with E-state index in [1.165, 1.54) is 12.1 Å². The molecule has 0 aliphatic rings. The van der Waals surface area contributed by atoms with Gasteiger partial charge in [-0.05, 0) is 30.2 Å². The van der Waals surface area contributed by atoms with Crippen LogP contribution in [0, 0.1) is 5.82 Å². The minimum Gasteiger partial charge on any atom is -0.382 e. The van der Waals surface area contributed by atoms with Gasteiger partial charge in [0, 0.05) is 11.6 Å². The standard InChI is InChI=1S/C11H12FN3/c1-2-7-3-8(5-9(12)4-7)10-6-11(13)15-14-10/h3-6H,2H2,1H3,(H3,13,14,15). The maximum atomic E-state index is 13.2. The first kappa shape index (κ1) is 9.71. The van der Waals surface area contributed by atoms with Crippen LogP contribution in [0.15, 0.2) is 24.3 Å². The number of aryl methyl sites for hydroxylation is 1. The molecule has 2 aromatic rings. The maximum absolute atomic E-state index is 13.2. The van der Waals surface area contributed by atoms with Gasteiger partial charge in [-0.2, -0.15) is 5.10 Å². The third kappa shape index (κ3) is 1.98. The summed E-state index contributed by atoms with van der Waals surface area (Å²) in [6.45, 7) is 1.99. The normalized spacial score (nSPS) is 10.5. The molecule has 0 aliphatic carbocycles. The van der Waals surface area contributed by atoms with E-state index in [0.717, 1.165) is 23.2 Å². The lowest BCUT2D eigenvalue weighted by atomic mass is 10.1. The number of H-pyrrole nitrogens is 1. The van der Waals surface area contributed by atoms with E-state index in [2.05, 4.69) is 10.2 Å². The summed E-state index contributed by atoms with van der Waals surface area (Å²) in [7, 11) is 0. The number of aromatic nitrogens is 2. The molecule has 3 N–H and O–H groups in total. The second kappa shape index (κ2) is 3.73. The van der Waals surface area contributed by atoms with Crippen LogP contribution >= 0.6 is 0 Å². The van der Waals surface area contributed by atoms with E-state index >= 15 is 0 Å². The Balaban J connectivity index is 2.48. The van der Waals surface area contributed by atoms with Gasteiger partial charge in [0.15, 0.2) is 0 Å². The molecule has 0 spiro atoms. The number of nitrogens with two attached hydrogens (primary N) is 1. The Kier molecular flexibility index (Phi) is 2.41. The third-order valence-corrected chi connectivity index (χ3v) is 2.27. The van der Waals surface area contributed by atoms with Crippen LogP contribution in [0.4, 0.5) is 10.2 Å². The molecule has 0 radical (unpaired) electrons. The fourth-order valence-corrected chi connectivity index (χ4v) is 1.50. The van der Waals surface area contributed by atoms with Crippen molar-refractivity contribution in [2.75, 3.05) is 5.73 Å². The summed E-state index contributed by atoms with van der Waals surface area (Å²) in [6, 6.07) is 6.61. The number of nitrogen functional groups attached to an aromatic ring is 1. The number of nitrogens with one attached hydrogen (secondary N) is 1. The Morgan fingerprint density at radius 1 is 1.33 bits per heavy atom. The molecule has 4 heteroatoms. The number of aromatic amines is 1. The first-order valence-electron chi connectivity index (χ1n) is 4.79. The van der Waals surface area contributed by atoms with Gasteiger partial charge in [0.25, 0.3) is 0 Å². The molecule has 2 rings (SSSR count). The fraction of sp³-hybridized carbons (Fsp3) is 0.182. The summed E-state index contributed by atoms with van der Waals surface area (Å²) in [5.74, 6) is 0.171. The molecule has 0 aliphatic heterocycles. The van der Waals surface area contributed by atoms with Gasteiger partial charge >= 0.3 is 0 Å². The molecule has 0 atom stereocenters. The predicted octanol–water partition coefficient (Wildman–Crippen LogP) is 2.36. The van der Waals surface area contributed by atoms with E-state index in [9.17, 15) is 4.39 Å². The minimum atomic E-state index is -0.238. The van der Waals surface area contributed by atoms with Crippen molar-refractivity contribution in [3.05, 3.63) is 35.6 Å². The minimum absolute atomic E-state index is 0.238. The smallest absolute Gasteiger partial charge is 0.145 e. The summed E-state index contributed by atoms with van der Waals surface area (Å²) in [4.78, 5) is 0.